The predicted molar refractivity (Wildman–Crippen MR) is 59.7 cm³/mol. The number of amides is 1. The van der Waals surface area contributed by atoms with Crippen LogP contribution >= 0.6 is 0 Å². The van der Waals surface area contributed by atoms with Crippen LogP contribution in [-0.2, 0) is 15.6 Å². The summed E-state index contributed by atoms with van der Waals surface area (Å²) in [4.78, 5) is 11.1. The number of nitrogens with one attached hydrogen (secondary N) is 2. The Kier molecular flexibility index (Phi) is 7.70. The second-order valence-corrected chi connectivity index (χ2v) is 5.09. The number of carbonyl (C=O) groups is 1. The Morgan fingerprint density at radius 1 is 1.50 bits per heavy atom. The van der Waals surface area contributed by atoms with E-state index in [0.29, 0.717) is 13.1 Å². The lowest BCUT2D eigenvalue weighted by molar-refractivity contribution is -0.120. The van der Waals surface area contributed by atoms with Gasteiger partial charge in [0.1, 0.15) is 0 Å². The molecule has 0 aliphatic heterocycles. The molecular formula is C9H20N2O2S. The van der Waals surface area contributed by atoms with E-state index >= 15 is 0 Å². The summed E-state index contributed by atoms with van der Waals surface area (Å²) in [6.07, 6.45) is 2.62. The molecule has 2 N–H and O–H groups in total. The molecule has 0 heterocycles. The Bertz CT molecular complexity index is 197. The second kappa shape index (κ2) is 7.94. The summed E-state index contributed by atoms with van der Waals surface area (Å²) in [6, 6.07) is 0. The minimum absolute atomic E-state index is 0.000866. The Morgan fingerprint density at radius 3 is 2.64 bits per heavy atom. The maximum absolute atomic E-state index is 11.1. The molecule has 0 saturated heterocycles. The first-order chi connectivity index (χ1) is 6.57. The number of carbonyl (C=O) groups excluding carboxylic acids is 1. The lowest BCUT2D eigenvalue weighted by Crippen LogP contribution is -2.37. The van der Waals surface area contributed by atoms with E-state index in [1.807, 2.05) is 13.8 Å². The average Bonchev–Trinajstić information content (AvgIpc) is 2.14. The highest BCUT2D eigenvalue weighted by Crippen LogP contribution is 1.88. The van der Waals surface area contributed by atoms with Crippen molar-refractivity contribution >= 4 is 16.7 Å². The Hall–Kier alpha value is -0.420. The van der Waals surface area contributed by atoms with Crippen LogP contribution in [0.25, 0.3) is 0 Å². The predicted octanol–water partition coefficient (Wildman–Crippen LogP) is -0.131. The van der Waals surface area contributed by atoms with Crippen molar-refractivity contribution in [1.82, 2.24) is 10.6 Å². The summed E-state index contributed by atoms with van der Waals surface area (Å²) in [5.41, 5.74) is 0. The van der Waals surface area contributed by atoms with Crippen LogP contribution in [0.4, 0.5) is 0 Å². The van der Waals surface area contributed by atoms with Gasteiger partial charge in [0, 0.05) is 35.4 Å². The first-order valence-electron chi connectivity index (χ1n) is 4.87. The van der Waals surface area contributed by atoms with Crippen molar-refractivity contribution in [3.05, 3.63) is 0 Å². The molecule has 0 saturated carbocycles. The molecular weight excluding hydrogens is 200 g/mol. The van der Waals surface area contributed by atoms with E-state index < -0.39 is 10.8 Å². The molecule has 5 heteroatoms. The second-order valence-electron chi connectivity index (χ2n) is 3.29. The molecule has 0 aromatic rings. The molecule has 0 aliphatic carbocycles. The molecule has 0 aromatic carbocycles. The van der Waals surface area contributed by atoms with Crippen molar-refractivity contribution in [1.29, 1.82) is 0 Å². The largest absolute Gasteiger partial charge is 0.355 e. The lowest BCUT2D eigenvalue weighted by Gasteiger charge is -2.09. The van der Waals surface area contributed by atoms with Crippen LogP contribution in [0.5, 0.6) is 0 Å². The van der Waals surface area contributed by atoms with Crippen molar-refractivity contribution in [3.8, 4) is 0 Å². The summed E-state index contributed by atoms with van der Waals surface area (Å²) in [6.45, 7) is 5.54. The van der Waals surface area contributed by atoms with Gasteiger partial charge in [0.2, 0.25) is 5.91 Å². The fourth-order valence-corrected chi connectivity index (χ4v) is 1.19. The van der Waals surface area contributed by atoms with Gasteiger partial charge in [-0.3, -0.25) is 9.00 Å². The molecule has 4 nitrogen and oxygen atoms in total. The minimum Gasteiger partial charge on any atom is -0.355 e. The smallest absolute Gasteiger partial charge is 0.233 e. The zero-order valence-electron chi connectivity index (χ0n) is 9.13. The van der Waals surface area contributed by atoms with Gasteiger partial charge in [-0.1, -0.05) is 6.92 Å². The molecule has 14 heavy (non-hydrogen) atoms. The van der Waals surface area contributed by atoms with Crippen molar-refractivity contribution in [2.24, 2.45) is 0 Å². The van der Waals surface area contributed by atoms with E-state index in [0.717, 1.165) is 13.0 Å². The molecule has 0 bridgehead atoms. The zero-order chi connectivity index (χ0) is 11.0. The SMILES string of the molecule is CCCNC(=O)CNCC(C)S(C)=O. The molecule has 2 unspecified atom stereocenters. The minimum atomic E-state index is -0.825. The Morgan fingerprint density at radius 2 is 2.14 bits per heavy atom. The van der Waals surface area contributed by atoms with Crippen molar-refractivity contribution in [2.45, 2.75) is 25.5 Å². The topological polar surface area (TPSA) is 58.2 Å². The third kappa shape index (κ3) is 7.03. The van der Waals surface area contributed by atoms with E-state index in [1.165, 1.54) is 0 Å². The quantitative estimate of drug-likeness (QED) is 0.628. The summed E-state index contributed by atoms with van der Waals surface area (Å²) >= 11 is 0. The molecule has 84 valence electrons. The highest BCUT2D eigenvalue weighted by atomic mass is 32.2. The van der Waals surface area contributed by atoms with E-state index in [9.17, 15) is 9.00 Å². The molecule has 0 rings (SSSR count). The summed E-state index contributed by atoms with van der Waals surface area (Å²) in [5.74, 6) is 0.000866. The highest BCUT2D eigenvalue weighted by Gasteiger charge is 2.06. The van der Waals surface area contributed by atoms with Crippen LogP contribution in [0.15, 0.2) is 0 Å². The molecule has 0 spiro atoms. The molecule has 0 fully saturated rings. The van der Waals surface area contributed by atoms with Gasteiger partial charge >= 0.3 is 0 Å². The molecule has 0 radical (unpaired) electrons. The lowest BCUT2D eigenvalue weighted by atomic mass is 10.4. The van der Waals surface area contributed by atoms with Gasteiger partial charge in [0.05, 0.1) is 6.54 Å². The van der Waals surface area contributed by atoms with Crippen molar-refractivity contribution in [3.63, 3.8) is 0 Å². The van der Waals surface area contributed by atoms with E-state index in [4.69, 9.17) is 0 Å². The van der Waals surface area contributed by atoms with Crippen LogP contribution in [-0.4, -0.2) is 41.3 Å². The third-order valence-electron chi connectivity index (χ3n) is 1.86. The number of hydrogen-bond donors (Lipinski definition) is 2. The Balaban J connectivity index is 3.44. The highest BCUT2D eigenvalue weighted by molar-refractivity contribution is 7.84. The van der Waals surface area contributed by atoms with Gasteiger partial charge < -0.3 is 10.6 Å². The van der Waals surface area contributed by atoms with Gasteiger partial charge in [-0.2, -0.15) is 0 Å². The van der Waals surface area contributed by atoms with E-state index in [2.05, 4.69) is 10.6 Å². The molecule has 0 aliphatic rings. The van der Waals surface area contributed by atoms with Gasteiger partial charge in [-0.05, 0) is 13.3 Å². The monoisotopic (exact) mass is 220 g/mol. The van der Waals surface area contributed by atoms with Crippen LogP contribution in [0.2, 0.25) is 0 Å². The maximum Gasteiger partial charge on any atom is 0.233 e. The van der Waals surface area contributed by atoms with Gasteiger partial charge in [-0.25, -0.2) is 0 Å². The maximum atomic E-state index is 11.1. The van der Waals surface area contributed by atoms with Crippen LogP contribution in [0.3, 0.4) is 0 Å². The first-order valence-corrected chi connectivity index (χ1v) is 6.49. The van der Waals surface area contributed by atoms with E-state index in [-0.39, 0.29) is 11.2 Å². The average molecular weight is 220 g/mol. The zero-order valence-corrected chi connectivity index (χ0v) is 9.95. The Labute approximate surface area is 88.3 Å². The molecule has 0 aromatic heterocycles. The summed E-state index contributed by atoms with van der Waals surface area (Å²) in [5, 5.41) is 5.82. The molecule has 1 amide bonds. The van der Waals surface area contributed by atoms with E-state index in [1.54, 1.807) is 6.26 Å². The van der Waals surface area contributed by atoms with Crippen molar-refractivity contribution < 1.29 is 9.00 Å². The van der Waals surface area contributed by atoms with Crippen molar-refractivity contribution in [2.75, 3.05) is 25.9 Å². The fraction of sp³-hybridized carbons (Fsp3) is 0.889. The van der Waals surface area contributed by atoms with Gasteiger partial charge in [-0.15, -0.1) is 0 Å². The summed E-state index contributed by atoms with van der Waals surface area (Å²) in [7, 11) is -0.825. The third-order valence-corrected chi connectivity index (χ3v) is 3.16. The normalized spacial score (nSPS) is 14.8. The van der Waals surface area contributed by atoms with Crippen LogP contribution in [0.1, 0.15) is 20.3 Å². The number of hydrogen-bond acceptors (Lipinski definition) is 3. The van der Waals surface area contributed by atoms with Gasteiger partial charge in [0.15, 0.2) is 0 Å². The number of rotatable bonds is 7. The van der Waals surface area contributed by atoms with Crippen LogP contribution in [0, 0.1) is 0 Å². The summed E-state index contributed by atoms with van der Waals surface area (Å²) < 4.78 is 11.0. The van der Waals surface area contributed by atoms with Crippen LogP contribution < -0.4 is 10.6 Å². The molecule has 2 atom stereocenters. The first kappa shape index (κ1) is 13.6. The van der Waals surface area contributed by atoms with Gasteiger partial charge in [0.25, 0.3) is 0 Å². The fourth-order valence-electron chi connectivity index (χ4n) is 0.833. The standard InChI is InChI=1S/C9H20N2O2S/c1-4-5-11-9(12)7-10-6-8(2)14(3)13/h8,10H,4-7H2,1-3H3,(H,11,12).